The summed E-state index contributed by atoms with van der Waals surface area (Å²) < 4.78 is 6.16. The molecule has 18 heavy (non-hydrogen) atoms. The Morgan fingerprint density at radius 2 is 2.11 bits per heavy atom. The highest BCUT2D eigenvalue weighted by Crippen LogP contribution is 2.31. The van der Waals surface area contributed by atoms with Crippen molar-refractivity contribution >= 4 is 37.7 Å². The van der Waals surface area contributed by atoms with Gasteiger partial charge in [0.15, 0.2) is 0 Å². The number of furan rings is 1. The fourth-order valence-electron chi connectivity index (χ4n) is 1.58. The summed E-state index contributed by atoms with van der Waals surface area (Å²) in [7, 11) is 0. The number of rotatable bonds is 4. The molecule has 0 aliphatic carbocycles. The van der Waals surface area contributed by atoms with Gasteiger partial charge < -0.3 is 4.42 Å². The maximum atomic E-state index is 10.5. The molecular weight excluding hydrogens is 366 g/mol. The first-order valence-electron chi connectivity index (χ1n) is 5.19. The molecule has 1 aromatic heterocycles. The van der Waals surface area contributed by atoms with E-state index in [2.05, 4.69) is 31.9 Å². The molecule has 0 amide bonds. The molecule has 4 nitrogen and oxygen atoms in total. The molecule has 0 saturated heterocycles. The zero-order chi connectivity index (χ0) is 13.1. The minimum atomic E-state index is -0.539. The molecule has 0 saturated carbocycles. The number of benzene rings is 1. The van der Waals surface area contributed by atoms with E-state index >= 15 is 0 Å². The maximum Gasteiger partial charge on any atom is 0.433 e. The van der Waals surface area contributed by atoms with Gasteiger partial charge in [0.05, 0.1) is 10.9 Å². The molecular formula is C12H9Br2NO3. The molecule has 1 aromatic carbocycles. The van der Waals surface area contributed by atoms with Gasteiger partial charge in [-0.05, 0) is 30.2 Å². The van der Waals surface area contributed by atoms with Crippen LogP contribution < -0.4 is 0 Å². The Hall–Kier alpha value is -1.14. The van der Waals surface area contributed by atoms with E-state index < -0.39 is 4.92 Å². The van der Waals surface area contributed by atoms with Crippen LogP contribution in [0.3, 0.4) is 0 Å². The largest absolute Gasteiger partial charge is 0.433 e. The first kappa shape index (κ1) is 13.3. The van der Waals surface area contributed by atoms with Crippen molar-refractivity contribution in [3.05, 3.63) is 62.3 Å². The first-order chi connectivity index (χ1) is 8.56. The maximum absolute atomic E-state index is 10.5. The van der Waals surface area contributed by atoms with Crippen molar-refractivity contribution in [3.8, 4) is 0 Å². The quantitative estimate of drug-likeness (QED) is 0.445. The summed E-state index contributed by atoms with van der Waals surface area (Å²) >= 11 is 6.88. The van der Waals surface area contributed by atoms with E-state index in [0.29, 0.717) is 12.2 Å². The lowest BCUT2D eigenvalue weighted by atomic mass is 10.1. The second-order valence-electron chi connectivity index (χ2n) is 3.73. The summed E-state index contributed by atoms with van der Waals surface area (Å²) in [6.07, 6.45) is 0.699. The van der Waals surface area contributed by atoms with Crippen LogP contribution in [0.1, 0.15) is 16.2 Å². The van der Waals surface area contributed by atoms with E-state index in [-0.39, 0.29) is 10.7 Å². The van der Waals surface area contributed by atoms with Gasteiger partial charge in [0, 0.05) is 4.47 Å². The van der Waals surface area contributed by atoms with Gasteiger partial charge in [0.1, 0.15) is 10.7 Å². The highest BCUT2D eigenvalue weighted by atomic mass is 79.9. The third-order valence-electron chi connectivity index (χ3n) is 2.41. The van der Waals surface area contributed by atoms with E-state index in [4.69, 9.17) is 4.42 Å². The zero-order valence-corrected chi connectivity index (χ0v) is 12.3. The van der Waals surface area contributed by atoms with E-state index in [1.54, 1.807) is 6.07 Å². The van der Waals surface area contributed by atoms with Crippen LogP contribution in [0.15, 0.2) is 45.3 Å². The van der Waals surface area contributed by atoms with Crippen molar-refractivity contribution < 1.29 is 9.34 Å². The van der Waals surface area contributed by atoms with Crippen molar-refractivity contribution in [1.29, 1.82) is 0 Å². The van der Waals surface area contributed by atoms with Crippen LogP contribution in [-0.2, 0) is 6.42 Å². The summed E-state index contributed by atoms with van der Waals surface area (Å²) in [5.74, 6) is 0.324. The Morgan fingerprint density at radius 3 is 2.72 bits per heavy atom. The average molecular weight is 375 g/mol. The Kier molecular flexibility index (Phi) is 4.19. The number of hydrogen-bond donors (Lipinski definition) is 0. The van der Waals surface area contributed by atoms with E-state index in [1.165, 1.54) is 6.07 Å². The molecule has 2 aromatic rings. The summed E-state index contributed by atoms with van der Waals surface area (Å²) in [4.78, 5) is 9.91. The normalized spacial score (nSPS) is 12.3. The van der Waals surface area contributed by atoms with Gasteiger partial charge in [-0.15, -0.1) is 0 Å². The molecule has 1 unspecified atom stereocenters. The molecule has 2 rings (SSSR count). The Morgan fingerprint density at radius 1 is 1.33 bits per heavy atom. The highest BCUT2D eigenvalue weighted by molar-refractivity contribution is 9.10. The number of alkyl halides is 1. The van der Waals surface area contributed by atoms with Gasteiger partial charge in [0.2, 0.25) is 0 Å². The monoisotopic (exact) mass is 373 g/mol. The second-order valence-corrected chi connectivity index (χ2v) is 5.76. The molecule has 0 spiro atoms. The van der Waals surface area contributed by atoms with Gasteiger partial charge in [-0.3, -0.25) is 10.1 Å². The predicted octanol–water partition coefficient (Wildman–Crippen LogP) is 4.63. The Labute approximate surface area is 120 Å². The van der Waals surface area contributed by atoms with Crippen molar-refractivity contribution in [3.63, 3.8) is 0 Å². The summed E-state index contributed by atoms with van der Waals surface area (Å²) in [5.41, 5.74) is 1.12. The molecule has 0 aliphatic rings. The minimum absolute atomic E-state index is 0.0829. The predicted molar refractivity (Wildman–Crippen MR) is 74.9 cm³/mol. The lowest BCUT2D eigenvalue weighted by Crippen LogP contribution is -1.93. The first-order valence-corrected chi connectivity index (χ1v) is 6.90. The van der Waals surface area contributed by atoms with Crippen LogP contribution in [-0.4, -0.2) is 4.92 Å². The number of halogens is 2. The van der Waals surface area contributed by atoms with Crippen LogP contribution in [0, 0.1) is 10.1 Å². The second kappa shape index (κ2) is 5.67. The molecule has 0 aliphatic heterocycles. The van der Waals surface area contributed by atoms with Crippen molar-refractivity contribution in [1.82, 2.24) is 0 Å². The van der Waals surface area contributed by atoms with E-state index in [0.717, 1.165) is 10.0 Å². The molecule has 0 bridgehead atoms. The average Bonchev–Trinajstić information content (AvgIpc) is 2.78. The Balaban J connectivity index is 2.11. The molecule has 0 fully saturated rings. The van der Waals surface area contributed by atoms with Gasteiger partial charge >= 0.3 is 5.88 Å². The highest BCUT2D eigenvalue weighted by Gasteiger charge is 2.17. The van der Waals surface area contributed by atoms with Gasteiger partial charge in [-0.25, -0.2) is 0 Å². The van der Waals surface area contributed by atoms with Crippen LogP contribution in [0.25, 0.3) is 0 Å². The molecule has 94 valence electrons. The number of nitro groups is 1. The standard InChI is InChI=1S/C12H9Br2NO3/c13-9-3-1-2-8(6-9)7-10(14)11-4-5-12(18-11)15(16)17/h1-6,10H,7H2. The number of nitrogens with zero attached hydrogens (tertiary/aromatic N) is 1. The topological polar surface area (TPSA) is 56.3 Å². The molecule has 1 heterocycles. The zero-order valence-electron chi connectivity index (χ0n) is 9.18. The van der Waals surface area contributed by atoms with Crippen molar-refractivity contribution in [2.24, 2.45) is 0 Å². The summed E-state index contributed by atoms with van der Waals surface area (Å²) in [6.45, 7) is 0. The van der Waals surface area contributed by atoms with Gasteiger partial charge in [0.25, 0.3) is 0 Å². The fraction of sp³-hybridized carbons (Fsp3) is 0.167. The van der Waals surface area contributed by atoms with Gasteiger partial charge in [-0.2, -0.15) is 0 Å². The summed E-state index contributed by atoms with van der Waals surface area (Å²) in [6, 6.07) is 10.9. The van der Waals surface area contributed by atoms with E-state index in [9.17, 15) is 10.1 Å². The van der Waals surface area contributed by atoms with Crippen LogP contribution in [0.4, 0.5) is 5.88 Å². The van der Waals surface area contributed by atoms with Crippen LogP contribution >= 0.6 is 31.9 Å². The minimum Gasteiger partial charge on any atom is -0.405 e. The summed E-state index contributed by atoms with van der Waals surface area (Å²) in [5, 5.41) is 10.5. The molecule has 1 atom stereocenters. The fourth-order valence-corrected chi connectivity index (χ4v) is 2.65. The lowest BCUT2D eigenvalue weighted by Gasteiger charge is -2.06. The molecule has 0 N–H and O–H groups in total. The van der Waals surface area contributed by atoms with Crippen LogP contribution in [0.5, 0.6) is 0 Å². The molecule has 0 radical (unpaired) electrons. The smallest absolute Gasteiger partial charge is 0.405 e. The SMILES string of the molecule is O=[N+]([O-])c1ccc(C(Br)Cc2cccc(Br)c2)o1. The number of hydrogen-bond acceptors (Lipinski definition) is 3. The van der Waals surface area contributed by atoms with Crippen LogP contribution in [0.2, 0.25) is 0 Å². The van der Waals surface area contributed by atoms with Crippen molar-refractivity contribution in [2.75, 3.05) is 0 Å². The van der Waals surface area contributed by atoms with Crippen molar-refractivity contribution in [2.45, 2.75) is 11.2 Å². The Bertz CT molecular complexity index is 568. The third kappa shape index (κ3) is 3.20. The molecule has 6 heteroatoms. The van der Waals surface area contributed by atoms with Gasteiger partial charge in [-0.1, -0.05) is 44.0 Å². The third-order valence-corrected chi connectivity index (χ3v) is 3.67. The van der Waals surface area contributed by atoms with E-state index in [1.807, 2.05) is 24.3 Å². The lowest BCUT2D eigenvalue weighted by molar-refractivity contribution is -0.402.